The Labute approximate surface area is 156 Å². The molecule has 4 heteroatoms. The minimum Gasteiger partial charge on any atom is -0.351 e. The van der Waals surface area contributed by atoms with Crippen molar-refractivity contribution in [2.45, 2.75) is 50.2 Å². The Bertz CT molecular complexity index is 674. The molecule has 3 atom stereocenters. The number of hydrogen-bond donors (Lipinski definition) is 3. The van der Waals surface area contributed by atoms with Crippen LogP contribution in [0.15, 0.2) is 60.7 Å². The Morgan fingerprint density at radius 1 is 1.04 bits per heavy atom. The molecule has 3 rings (SSSR count). The Kier molecular flexibility index (Phi) is 6.81. The molecule has 4 nitrogen and oxygen atoms in total. The fourth-order valence-corrected chi connectivity index (χ4v) is 3.31. The molecule has 1 unspecified atom stereocenters. The SMILES string of the molecule is NC(CCCCN[C@@H]1C[C@H]1c1ccccc1)C(=O)NCc1ccccc1. The molecule has 0 heterocycles. The maximum atomic E-state index is 12.0. The maximum Gasteiger partial charge on any atom is 0.237 e. The van der Waals surface area contributed by atoms with E-state index in [4.69, 9.17) is 5.73 Å². The van der Waals surface area contributed by atoms with Gasteiger partial charge < -0.3 is 16.4 Å². The predicted octanol–water partition coefficient (Wildman–Crippen LogP) is 2.95. The third kappa shape index (κ3) is 5.68. The number of nitrogens with two attached hydrogens (primary N) is 1. The van der Waals surface area contributed by atoms with Crippen molar-refractivity contribution in [3.63, 3.8) is 0 Å². The normalized spacial score (nSPS) is 19.7. The van der Waals surface area contributed by atoms with E-state index in [1.54, 1.807) is 0 Å². The zero-order valence-electron chi connectivity index (χ0n) is 15.2. The Hall–Kier alpha value is -2.17. The maximum absolute atomic E-state index is 12.0. The molecule has 0 spiro atoms. The van der Waals surface area contributed by atoms with Crippen LogP contribution in [0.4, 0.5) is 0 Å². The van der Waals surface area contributed by atoms with Crippen molar-refractivity contribution in [2.24, 2.45) is 5.73 Å². The van der Waals surface area contributed by atoms with Crippen molar-refractivity contribution in [1.82, 2.24) is 10.6 Å². The lowest BCUT2D eigenvalue weighted by Gasteiger charge is -2.12. The number of amides is 1. The number of nitrogens with one attached hydrogen (secondary N) is 2. The molecule has 1 aliphatic rings. The second-order valence-corrected chi connectivity index (χ2v) is 7.12. The Balaban J connectivity index is 1.24. The van der Waals surface area contributed by atoms with Crippen molar-refractivity contribution in [3.05, 3.63) is 71.8 Å². The first-order valence-electron chi connectivity index (χ1n) is 9.59. The van der Waals surface area contributed by atoms with E-state index in [1.807, 2.05) is 30.3 Å². The van der Waals surface area contributed by atoms with Gasteiger partial charge in [-0.2, -0.15) is 0 Å². The van der Waals surface area contributed by atoms with E-state index in [1.165, 1.54) is 12.0 Å². The van der Waals surface area contributed by atoms with Crippen LogP contribution in [0.5, 0.6) is 0 Å². The summed E-state index contributed by atoms with van der Waals surface area (Å²) in [4.78, 5) is 12.0. The summed E-state index contributed by atoms with van der Waals surface area (Å²) in [5.41, 5.74) is 8.53. The summed E-state index contributed by atoms with van der Waals surface area (Å²) < 4.78 is 0. The molecule has 0 radical (unpaired) electrons. The molecule has 2 aromatic rings. The Morgan fingerprint density at radius 3 is 2.46 bits per heavy atom. The molecular weight excluding hydrogens is 322 g/mol. The molecule has 1 amide bonds. The van der Waals surface area contributed by atoms with Crippen LogP contribution >= 0.6 is 0 Å². The van der Waals surface area contributed by atoms with Crippen molar-refractivity contribution >= 4 is 5.91 Å². The van der Waals surface area contributed by atoms with Gasteiger partial charge in [-0.25, -0.2) is 0 Å². The van der Waals surface area contributed by atoms with Crippen molar-refractivity contribution in [1.29, 1.82) is 0 Å². The second-order valence-electron chi connectivity index (χ2n) is 7.12. The van der Waals surface area contributed by atoms with Gasteiger partial charge in [-0.3, -0.25) is 4.79 Å². The highest BCUT2D eigenvalue weighted by Gasteiger charge is 2.37. The van der Waals surface area contributed by atoms with E-state index in [0.29, 0.717) is 18.5 Å². The smallest absolute Gasteiger partial charge is 0.237 e. The van der Waals surface area contributed by atoms with Gasteiger partial charge in [0.05, 0.1) is 6.04 Å². The van der Waals surface area contributed by atoms with Gasteiger partial charge in [-0.1, -0.05) is 67.1 Å². The van der Waals surface area contributed by atoms with Gasteiger partial charge in [0, 0.05) is 18.5 Å². The number of carbonyl (C=O) groups is 1. The van der Waals surface area contributed by atoms with Crippen LogP contribution in [0.25, 0.3) is 0 Å². The molecule has 0 aliphatic heterocycles. The van der Waals surface area contributed by atoms with E-state index in [9.17, 15) is 4.79 Å². The van der Waals surface area contributed by atoms with Crippen molar-refractivity contribution in [2.75, 3.05) is 6.54 Å². The van der Waals surface area contributed by atoms with Gasteiger partial charge >= 0.3 is 0 Å². The first-order chi connectivity index (χ1) is 12.7. The molecule has 2 aromatic carbocycles. The molecule has 0 saturated heterocycles. The van der Waals surface area contributed by atoms with Crippen LogP contribution in [0.2, 0.25) is 0 Å². The molecule has 0 aromatic heterocycles. The monoisotopic (exact) mass is 351 g/mol. The van der Waals surface area contributed by atoms with Crippen LogP contribution in [0.1, 0.15) is 42.7 Å². The largest absolute Gasteiger partial charge is 0.351 e. The first-order valence-corrected chi connectivity index (χ1v) is 9.59. The average molecular weight is 351 g/mol. The number of rotatable bonds is 10. The minimum atomic E-state index is -0.420. The van der Waals surface area contributed by atoms with Crippen molar-refractivity contribution in [3.8, 4) is 0 Å². The van der Waals surface area contributed by atoms with Crippen molar-refractivity contribution < 1.29 is 4.79 Å². The van der Waals surface area contributed by atoms with Crippen LogP contribution in [0, 0.1) is 0 Å². The van der Waals surface area contributed by atoms with E-state index < -0.39 is 6.04 Å². The van der Waals surface area contributed by atoms with Gasteiger partial charge in [-0.15, -0.1) is 0 Å². The van der Waals surface area contributed by atoms with Gasteiger partial charge in [-0.05, 0) is 36.9 Å². The summed E-state index contributed by atoms with van der Waals surface area (Å²) in [6.45, 7) is 1.53. The van der Waals surface area contributed by atoms with Gasteiger partial charge in [0.25, 0.3) is 0 Å². The summed E-state index contributed by atoms with van der Waals surface area (Å²) in [5.74, 6) is 0.607. The fourth-order valence-electron chi connectivity index (χ4n) is 3.31. The molecule has 1 aliphatic carbocycles. The lowest BCUT2D eigenvalue weighted by molar-refractivity contribution is -0.122. The number of carbonyl (C=O) groups excluding carboxylic acids is 1. The molecule has 26 heavy (non-hydrogen) atoms. The Morgan fingerprint density at radius 2 is 1.73 bits per heavy atom. The van der Waals surface area contributed by atoms with Crippen LogP contribution < -0.4 is 16.4 Å². The predicted molar refractivity (Wildman–Crippen MR) is 106 cm³/mol. The van der Waals surface area contributed by atoms with Crippen LogP contribution in [-0.4, -0.2) is 24.5 Å². The summed E-state index contributed by atoms with van der Waals surface area (Å²) in [7, 11) is 0. The lowest BCUT2D eigenvalue weighted by atomic mass is 10.1. The third-order valence-corrected chi connectivity index (χ3v) is 5.01. The standard InChI is InChI=1S/C22H29N3O/c23-20(22(26)25-16-17-9-3-1-4-10-17)13-7-8-14-24-21-15-19(21)18-11-5-2-6-12-18/h1-6,9-12,19-21,24H,7-8,13-16,23H2,(H,25,26)/t19-,20?,21+/m0/s1. The molecule has 1 saturated carbocycles. The average Bonchev–Trinajstić information content (AvgIpc) is 3.47. The van der Waals surface area contributed by atoms with E-state index in [-0.39, 0.29) is 5.91 Å². The highest BCUT2D eigenvalue weighted by Crippen LogP contribution is 2.40. The quantitative estimate of drug-likeness (QED) is 0.577. The highest BCUT2D eigenvalue weighted by atomic mass is 16.2. The summed E-state index contributed by atoms with van der Waals surface area (Å²) in [6.07, 6.45) is 3.98. The van der Waals surface area contributed by atoms with E-state index in [2.05, 4.69) is 41.0 Å². The summed E-state index contributed by atoms with van der Waals surface area (Å²) in [5, 5.41) is 6.53. The highest BCUT2D eigenvalue weighted by molar-refractivity contribution is 5.81. The van der Waals surface area contributed by atoms with Gasteiger partial charge in [0.1, 0.15) is 0 Å². The molecule has 0 bridgehead atoms. The third-order valence-electron chi connectivity index (χ3n) is 5.01. The molecule has 4 N–H and O–H groups in total. The van der Waals surface area contributed by atoms with Crippen LogP contribution in [-0.2, 0) is 11.3 Å². The zero-order chi connectivity index (χ0) is 18.2. The van der Waals surface area contributed by atoms with E-state index >= 15 is 0 Å². The van der Waals surface area contributed by atoms with E-state index in [0.717, 1.165) is 31.4 Å². The molecular formula is C22H29N3O. The molecule has 1 fully saturated rings. The number of unbranched alkanes of at least 4 members (excludes halogenated alkanes) is 1. The van der Waals surface area contributed by atoms with Crippen LogP contribution in [0.3, 0.4) is 0 Å². The summed E-state index contributed by atoms with van der Waals surface area (Å²) >= 11 is 0. The number of benzene rings is 2. The van der Waals surface area contributed by atoms with Gasteiger partial charge in [0.15, 0.2) is 0 Å². The second kappa shape index (κ2) is 9.51. The topological polar surface area (TPSA) is 67.1 Å². The zero-order valence-corrected chi connectivity index (χ0v) is 15.2. The fraction of sp³-hybridized carbons (Fsp3) is 0.409. The molecule has 138 valence electrons. The number of hydrogen-bond acceptors (Lipinski definition) is 3. The lowest BCUT2D eigenvalue weighted by Crippen LogP contribution is -2.40. The minimum absolute atomic E-state index is 0.0619. The summed E-state index contributed by atoms with van der Waals surface area (Å²) in [6, 6.07) is 20.8. The van der Waals surface area contributed by atoms with Gasteiger partial charge in [0.2, 0.25) is 5.91 Å². The first kappa shape index (κ1) is 18.6.